The van der Waals surface area contributed by atoms with E-state index in [-0.39, 0.29) is 23.7 Å². The molecule has 2 N–H and O–H groups in total. The maximum absolute atomic E-state index is 13.0. The highest BCUT2D eigenvalue weighted by Crippen LogP contribution is 2.31. The quantitative estimate of drug-likeness (QED) is 0.826. The molecule has 2 aliphatic heterocycles. The molecule has 0 spiro atoms. The van der Waals surface area contributed by atoms with Gasteiger partial charge in [0.1, 0.15) is 0 Å². The summed E-state index contributed by atoms with van der Waals surface area (Å²) in [5, 5.41) is 7.25. The van der Waals surface area contributed by atoms with Crippen molar-refractivity contribution in [1.82, 2.24) is 20.1 Å². The molecule has 0 aromatic carbocycles. The van der Waals surface area contributed by atoms with Crippen molar-refractivity contribution in [2.24, 2.45) is 0 Å². The number of nitrogens with one attached hydrogen (secondary N) is 2. The number of nitrogens with zero attached hydrogens (tertiary/aromatic N) is 2. The van der Waals surface area contributed by atoms with Crippen molar-refractivity contribution in [1.29, 1.82) is 0 Å². The number of carbonyl (C=O) groups excluding carboxylic acids is 1. The number of aromatic nitrogens is 3. The number of rotatable bonds is 1. The molecule has 0 saturated heterocycles. The zero-order chi connectivity index (χ0) is 16.8. The first kappa shape index (κ1) is 15.1. The Hall–Kier alpha value is -2.41. The molecule has 0 radical (unpaired) electrons. The molecule has 4 rings (SSSR count). The summed E-state index contributed by atoms with van der Waals surface area (Å²) in [7, 11) is 0. The average Bonchev–Trinajstić information content (AvgIpc) is 2.97. The van der Waals surface area contributed by atoms with Gasteiger partial charge in [-0.3, -0.25) is 14.7 Å². The molecule has 0 unspecified atom stereocenters. The van der Waals surface area contributed by atoms with Crippen molar-refractivity contribution in [2.75, 3.05) is 6.54 Å². The minimum Gasteiger partial charge on any atom is -0.369 e. The third-order valence-corrected chi connectivity index (χ3v) is 4.81. The first-order chi connectivity index (χ1) is 11.5. The molecule has 0 fully saturated rings. The van der Waals surface area contributed by atoms with Crippen molar-refractivity contribution in [2.45, 2.75) is 45.4 Å². The normalized spacial score (nSPS) is 22.8. The lowest BCUT2D eigenvalue weighted by Gasteiger charge is -2.29. The molecule has 126 valence electrons. The number of amides is 1. The topological polar surface area (TPSA) is 91.1 Å². The number of aromatic amines is 2. The summed E-state index contributed by atoms with van der Waals surface area (Å²) in [5.41, 5.74) is 4.18. The van der Waals surface area contributed by atoms with Crippen molar-refractivity contribution in [3.63, 3.8) is 0 Å². The Morgan fingerprint density at radius 3 is 3.04 bits per heavy atom. The summed E-state index contributed by atoms with van der Waals surface area (Å²) < 4.78 is 5.78. The standard InChI is InChI=1S/C17H20N4O3/c1-9-7-12-15(10(2)24-9)19-20-16(12)17(23)21-6-5-13-11(8-21)3-4-14(22)18-13/h3-4,9-10H,5-8H2,1-2H3,(H,18,22)(H,19,20)/t9-,10+/m1/s1. The molecule has 0 aliphatic carbocycles. The Morgan fingerprint density at radius 1 is 1.38 bits per heavy atom. The van der Waals surface area contributed by atoms with E-state index in [1.165, 1.54) is 6.07 Å². The van der Waals surface area contributed by atoms with E-state index in [9.17, 15) is 9.59 Å². The van der Waals surface area contributed by atoms with Crippen LogP contribution in [-0.4, -0.2) is 38.6 Å². The lowest BCUT2D eigenvalue weighted by Crippen LogP contribution is -2.38. The fourth-order valence-electron chi connectivity index (χ4n) is 3.62. The van der Waals surface area contributed by atoms with Gasteiger partial charge in [-0.2, -0.15) is 5.10 Å². The molecule has 0 bridgehead atoms. The molecule has 1 amide bonds. The van der Waals surface area contributed by atoms with Gasteiger partial charge in [-0.25, -0.2) is 0 Å². The molecule has 7 heteroatoms. The minimum atomic E-state index is -0.0992. The largest absolute Gasteiger partial charge is 0.369 e. The van der Waals surface area contributed by atoms with Crippen molar-refractivity contribution < 1.29 is 9.53 Å². The molecule has 7 nitrogen and oxygen atoms in total. The number of hydrogen-bond donors (Lipinski definition) is 2. The van der Waals surface area contributed by atoms with Gasteiger partial charge in [-0.1, -0.05) is 6.07 Å². The van der Waals surface area contributed by atoms with Gasteiger partial charge in [0.15, 0.2) is 5.69 Å². The molecule has 2 aliphatic rings. The summed E-state index contributed by atoms with van der Waals surface area (Å²) in [5.74, 6) is -0.0642. The first-order valence-electron chi connectivity index (χ1n) is 8.26. The zero-order valence-electron chi connectivity index (χ0n) is 13.8. The monoisotopic (exact) mass is 328 g/mol. The second-order valence-corrected chi connectivity index (χ2v) is 6.56. The van der Waals surface area contributed by atoms with E-state index in [4.69, 9.17) is 4.74 Å². The van der Waals surface area contributed by atoms with Crippen LogP contribution in [0.5, 0.6) is 0 Å². The van der Waals surface area contributed by atoms with Crippen LogP contribution in [0.3, 0.4) is 0 Å². The van der Waals surface area contributed by atoms with E-state index in [0.29, 0.717) is 31.6 Å². The SMILES string of the molecule is C[C@@H]1Cc2c(C(=O)N3CCc4[nH]c(=O)ccc4C3)n[nH]c2[C@H](C)O1. The molecule has 24 heavy (non-hydrogen) atoms. The fourth-order valence-corrected chi connectivity index (χ4v) is 3.62. The van der Waals surface area contributed by atoms with Crippen LogP contribution >= 0.6 is 0 Å². The van der Waals surface area contributed by atoms with Crippen molar-refractivity contribution in [3.8, 4) is 0 Å². The molecule has 4 heterocycles. The van der Waals surface area contributed by atoms with Crippen LogP contribution in [0.25, 0.3) is 0 Å². The summed E-state index contributed by atoms with van der Waals surface area (Å²) in [6, 6.07) is 3.30. The van der Waals surface area contributed by atoms with Crippen LogP contribution in [0.2, 0.25) is 0 Å². The lowest BCUT2D eigenvalue weighted by atomic mass is 9.98. The van der Waals surface area contributed by atoms with Gasteiger partial charge in [0.25, 0.3) is 5.91 Å². The van der Waals surface area contributed by atoms with Crippen LogP contribution in [0.4, 0.5) is 0 Å². The van der Waals surface area contributed by atoms with E-state index in [1.807, 2.05) is 13.8 Å². The molecule has 2 aromatic heterocycles. The summed E-state index contributed by atoms with van der Waals surface area (Å²) in [6.45, 7) is 5.05. The van der Waals surface area contributed by atoms with Crippen LogP contribution in [0.1, 0.15) is 53.0 Å². The van der Waals surface area contributed by atoms with Gasteiger partial charge in [0.05, 0.1) is 17.9 Å². The molecule has 0 saturated carbocycles. The van der Waals surface area contributed by atoms with Crippen LogP contribution < -0.4 is 5.56 Å². The number of H-pyrrole nitrogens is 2. The third-order valence-electron chi connectivity index (χ3n) is 4.81. The summed E-state index contributed by atoms with van der Waals surface area (Å²) in [4.78, 5) is 29.0. The Kier molecular flexibility index (Phi) is 3.53. The van der Waals surface area contributed by atoms with E-state index in [2.05, 4.69) is 15.2 Å². The summed E-state index contributed by atoms with van der Waals surface area (Å²) >= 11 is 0. The van der Waals surface area contributed by atoms with Gasteiger partial charge in [0.2, 0.25) is 5.56 Å². The van der Waals surface area contributed by atoms with Gasteiger partial charge >= 0.3 is 0 Å². The van der Waals surface area contributed by atoms with E-state index in [0.717, 1.165) is 22.5 Å². The highest BCUT2D eigenvalue weighted by Gasteiger charge is 2.32. The number of pyridine rings is 1. The number of fused-ring (bicyclic) bond motifs is 2. The second-order valence-electron chi connectivity index (χ2n) is 6.56. The number of carbonyl (C=O) groups is 1. The maximum atomic E-state index is 13.0. The number of hydrogen-bond acceptors (Lipinski definition) is 4. The molecular formula is C17H20N4O3. The molecule has 2 aromatic rings. The van der Waals surface area contributed by atoms with Crippen molar-refractivity contribution >= 4 is 5.91 Å². The van der Waals surface area contributed by atoms with E-state index < -0.39 is 0 Å². The van der Waals surface area contributed by atoms with Gasteiger partial charge < -0.3 is 14.6 Å². The first-order valence-corrected chi connectivity index (χ1v) is 8.26. The lowest BCUT2D eigenvalue weighted by molar-refractivity contribution is -0.00702. The Bertz CT molecular complexity index is 854. The Morgan fingerprint density at radius 2 is 2.21 bits per heavy atom. The molecule has 2 atom stereocenters. The highest BCUT2D eigenvalue weighted by molar-refractivity contribution is 5.94. The van der Waals surface area contributed by atoms with Crippen LogP contribution in [-0.2, 0) is 24.1 Å². The highest BCUT2D eigenvalue weighted by atomic mass is 16.5. The third kappa shape index (κ3) is 2.45. The Labute approximate surface area is 139 Å². The second kappa shape index (κ2) is 5.59. The zero-order valence-corrected chi connectivity index (χ0v) is 13.8. The van der Waals surface area contributed by atoms with Crippen molar-refractivity contribution in [3.05, 3.63) is 50.7 Å². The molecular weight excluding hydrogens is 308 g/mol. The average molecular weight is 328 g/mol. The van der Waals surface area contributed by atoms with Gasteiger partial charge in [0, 0.05) is 43.3 Å². The smallest absolute Gasteiger partial charge is 0.274 e. The number of ether oxygens (including phenoxy) is 1. The Balaban J connectivity index is 1.62. The van der Waals surface area contributed by atoms with Crippen LogP contribution in [0, 0.1) is 0 Å². The van der Waals surface area contributed by atoms with E-state index in [1.54, 1.807) is 11.0 Å². The van der Waals surface area contributed by atoms with Gasteiger partial charge in [-0.15, -0.1) is 0 Å². The predicted octanol–water partition coefficient (Wildman–Crippen LogP) is 1.32. The van der Waals surface area contributed by atoms with E-state index >= 15 is 0 Å². The minimum absolute atomic E-state index is 0.0642. The fraction of sp³-hybridized carbons (Fsp3) is 0.471. The van der Waals surface area contributed by atoms with Gasteiger partial charge in [-0.05, 0) is 19.4 Å². The van der Waals surface area contributed by atoms with Crippen LogP contribution in [0.15, 0.2) is 16.9 Å². The predicted molar refractivity (Wildman–Crippen MR) is 86.8 cm³/mol. The maximum Gasteiger partial charge on any atom is 0.274 e. The summed E-state index contributed by atoms with van der Waals surface area (Å²) in [6.07, 6.45) is 1.34.